The van der Waals surface area contributed by atoms with E-state index < -0.39 is 23.8 Å². The van der Waals surface area contributed by atoms with E-state index in [-0.39, 0.29) is 28.8 Å². The van der Waals surface area contributed by atoms with Crippen LogP contribution in [0.1, 0.15) is 10.4 Å². The SMILES string of the molecule is C#CCn1nc(NC(=O)c2ccc(F)cc2)c2cccc(OC(F)(F)F)c21. The molecule has 2 aromatic carbocycles. The van der Waals surface area contributed by atoms with Crippen LogP contribution in [0.4, 0.5) is 23.4 Å². The molecular weight excluding hydrogens is 366 g/mol. The van der Waals surface area contributed by atoms with Gasteiger partial charge in [0.2, 0.25) is 0 Å². The van der Waals surface area contributed by atoms with Gasteiger partial charge in [0.25, 0.3) is 5.91 Å². The van der Waals surface area contributed by atoms with E-state index in [0.717, 1.165) is 22.9 Å². The lowest BCUT2D eigenvalue weighted by atomic mass is 10.2. The molecule has 0 bridgehead atoms. The summed E-state index contributed by atoms with van der Waals surface area (Å²) < 4.78 is 56.1. The summed E-state index contributed by atoms with van der Waals surface area (Å²) in [6.07, 6.45) is 0.342. The maximum atomic E-state index is 13.0. The van der Waals surface area contributed by atoms with Crippen LogP contribution in [-0.2, 0) is 6.54 Å². The number of alkyl halides is 3. The van der Waals surface area contributed by atoms with Crippen molar-refractivity contribution in [1.82, 2.24) is 9.78 Å². The molecule has 1 amide bonds. The number of carbonyl (C=O) groups is 1. The Labute approximate surface area is 150 Å². The molecule has 9 heteroatoms. The molecule has 27 heavy (non-hydrogen) atoms. The highest BCUT2D eigenvalue weighted by molar-refractivity contribution is 6.08. The first kappa shape index (κ1) is 18.3. The molecule has 1 aromatic heterocycles. The summed E-state index contributed by atoms with van der Waals surface area (Å²) in [7, 11) is 0. The molecule has 0 spiro atoms. The van der Waals surface area contributed by atoms with Crippen molar-refractivity contribution in [2.24, 2.45) is 0 Å². The highest BCUT2D eigenvalue weighted by atomic mass is 19.4. The lowest BCUT2D eigenvalue weighted by Crippen LogP contribution is -2.17. The van der Waals surface area contributed by atoms with Gasteiger partial charge in [-0.3, -0.25) is 4.79 Å². The number of ether oxygens (including phenoxy) is 1. The highest BCUT2D eigenvalue weighted by Gasteiger charge is 2.33. The topological polar surface area (TPSA) is 56.2 Å². The highest BCUT2D eigenvalue weighted by Crippen LogP contribution is 2.34. The summed E-state index contributed by atoms with van der Waals surface area (Å²) in [6.45, 7) is -0.138. The number of fused-ring (bicyclic) bond motifs is 1. The van der Waals surface area contributed by atoms with Crippen LogP contribution in [0.25, 0.3) is 10.9 Å². The monoisotopic (exact) mass is 377 g/mol. The molecule has 0 unspecified atom stereocenters. The van der Waals surface area contributed by atoms with Crippen molar-refractivity contribution in [2.45, 2.75) is 12.9 Å². The lowest BCUT2D eigenvalue weighted by Gasteiger charge is -2.10. The summed E-state index contributed by atoms with van der Waals surface area (Å²) in [5.74, 6) is 0.670. The Balaban J connectivity index is 2.03. The predicted molar refractivity (Wildman–Crippen MR) is 89.6 cm³/mol. The molecule has 3 rings (SSSR count). The Hall–Kier alpha value is -3.54. The Morgan fingerprint density at radius 3 is 2.56 bits per heavy atom. The Morgan fingerprint density at radius 1 is 1.22 bits per heavy atom. The number of rotatable bonds is 4. The second kappa shape index (κ2) is 6.99. The molecule has 0 aliphatic rings. The van der Waals surface area contributed by atoms with E-state index in [9.17, 15) is 22.4 Å². The molecule has 0 aliphatic heterocycles. The summed E-state index contributed by atoms with van der Waals surface area (Å²) in [5, 5.41) is 6.77. The van der Waals surface area contributed by atoms with E-state index in [1.807, 2.05) is 0 Å². The van der Waals surface area contributed by atoms with Crippen molar-refractivity contribution >= 4 is 22.6 Å². The van der Waals surface area contributed by atoms with Gasteiger partial charge in [-0.25, -0.2) is 9.07 Å². The van der Waals surface area contributed by atoms with E-state index in [1.54, 1.807) is 0 Å². The van der Waals surface area contributed by atoms with Crippen molar-refractivity contribution < 1.29 is 27.1 Å². The van der Waals surface area contributed by atoms with E-state index in [4.69, 9.17) is 6.42 Å². The molecule has 3 aromatic rings. The zero-order valence-electron chi connectivity index (χ0n) is 13.5. The van der Waals surface area contributed by atoms with E-state index in [2.05, 4.69) is 21.1 Å². The molecule has 0 saturated heterocycles. The van der Waals surface area contributed by atoms with E-state index in [0.29, 0.717) is 0 Å². The van der Waals surface area contributed by atoms with Crippen LogP contribution in [0.5, 0.6) is 5.75 Å². The van der Waals surface area contributed by atoms with Crippen LogP contribution >= 0.6 is 0 Å². The number of amides is 1. The molecule has 0 radical (unpaired) electrons. The molecule has 0 fully saturated rings. The van der Waals surface area contributed by atoms with E-state index in [1.165, 1.54) is 24.3 Å². The maximum Gasteiger partial charge on any atom is 0.573 e. The number of nitrogens with one attached hydrogen (secondary N) is 1. The van der Waals surface area contributed by atoms with Gasteiger partial charge in [0.05, 0.1) is 0 Å². The molecule has 138 valence electrons. The lowest BCUT2D eigenvalue weighted by molar-refractivity contribution is -0.274. The van der Waals surface area contributed by atoms with Crippen LogP contribution in [0, 0.1) is 18.2 Å². The fourth-order valence-corrected chi connectivity index (χ4v) is 2.49. The average molecular weight is 377 g/mol. The Kier molecular flexibility index (Phi) is 4.73. The van der Waals surface area contributed by atoms with Crippen molar-refractivity contribution in [2.75, 3.05) is 5.32 Å². The number of benzene rings is 2. The average Bonchev–Trinajstić information content (AvgIpc) is 2.93. The third-order valence-corrected chi connectivity index (χ3v) is 3.54. The second-order valence-corrected chi connectivity index (χ2v) is 5.37. The standard InChI is InChI=1S/C18H11F4N3O2/c1-2-10-25-15-13(4-3-5-14(15)27-18(20,21)22)16(24-25)23-17(26)11-6-8-12(19)9-7-11/h1,3-9H,10H2,(H,23,24,26). The molecule has 0 saturated carbocycles. The van der Waals surface area contributed by atoms with Gasteiger partial charge in [0, 0.05) is 10.9 Å². The molecule has 1 N–H and O–H groups in total. The normalized spacial score (nSPS) is 11.2. The van der Waals surface area contributed by atoms with Gasteiger partial charge in [0.15, 0.2) is 11.6 Å². The van der Waals surface area contributed by atoms with Gasteiger partial charge in [-0.1, -0.05) is 12.0 Å². The van der Waals surface area contributed by atoms with E-state index >= 15 is 0 Å². The first-order valence-electron chi connectivity index (χ1n) is 7.54. The number of terminal acetylenes is 1. The third kappa shape index (κ3) is 4.00. The fraction of sp³-hybridized carbons (Fsp3) is 0.111. The zero-order valence-corrected chi connectivity index (χ0v) is 13.5. The zero-order chi connectivity index (χ0) is 19.6. The molecule has 0 aliphatic carbocycles. The summed E-state index contributed by atoms with van der Waals surface area (Å²) >= 11 is 0. The van der Waals surface area contributed by atoms with Gasteiger partial charge < -0.3 is 10.1 Å². The number of hydrogen-bond donors (Lipinski definition) is 1. The third-order valence-electron chi connectivity index (χ3n) is 3.54. The number of hydrogen-bond acceptors (Lipinski definition) is 3. The van der Waals surface area contributed by atoms with Crippen molar-refractivity contribution in [3.05, 3.63) is 53.8 Å². The quantitative estimate of drug-likeness (QED) is 0.553. The minimum atomic E-state index is -4.91. The number of aromatic nitrogens is 2. The second-order valence-electron chi connectivity index (χ2n) is 5.37. The molecule has 5 nitrogen and oxygen atoms in total. The van der Waals surface area contributed by atoms with Crippen LogP contribution in [-0.4, -0.2) is 22.1 Å². The van der Waals surface area contributed by atoms with Gasteiger partial charge in [-0.2, -0.15) is 5.10 Å². The Bertz CT molecular complexity index is 1030. The fourth-order valence-electron chi connectivity index (χ4n) is 2.49. The summed E-state index contributed by atoms with van der Waals surface area (Å²) in [6, 6.07) is 8.68. The van der Waals surface area contributed by atoms with Gasteiger partial charge in [-0.15, -0.1) is 19.6 Å². The maximum absolute atomic E-state index is 13.0. The number of anilines is 1. The molecular formula is C18H11F4N3O2. The van der Waals surface area contributed by atoms with Crippen LogP contribution < -0.4 is 10.1 Å². The predicted octanol–water partition coefficient (Wildman–Crippen LogP) is 3.96. The number of nitrogens with zero attached hydrogens (tertiary/aromatic N) is 2. The molecule has 1 heterocycles. The summed E-state index contributed by atoms with van der Waals surface area (Å²) in [5.41, 5.74) is 0.140. The first-order valence-corrected chi connectivity index (χ1v) is 7.54. The van der Waals surface area contributed by atoms with Gasteiger partial charge >= 0.3 is 6.36 Å². The minimum Gasteiger partial charge on any atom is -0.403 e. The first-order chi connectivity index (χ1) is 12.8. The number of halogens is 4. The Morgan fingerprint density at radius 2 is 1.93 bits per heavy atom. The minimum absolute atomic E-state index is 0.00204. The van der Waals surface area contributed by atoms with Gasteiger partial charge in [0.1, 0.15) is 17.9 Å². The van der Waals surface area contributed by atoms with Crippen molar-refractivity contribution in [3.63, 3.8) is 0 Å². The smallest absolute Gasteiger partial charge is 0.403 e. The van der Waals surface area contributed by atoms with Crippen LogP contribution in [0.2, 0.25) is 0 Å². The summed E-state index contributed by atoms with van der Waals surface area (Å²) in [4.78, 5) is 12.3. The van der Waals surface area contributed by atoms with Crippen molar-refractivity contribution in [1.29, 1.82) is 0 Å². The molecule has 0 atom stereocenters. The van der Waals surface area contributed by atoms with Crippen LogP contribution in [0.3, 0.4) is 0 Å². The number of carbonyl (C=O) groups excluding carboxylic acids is 1. The van der Waals surface area contributed by atoms with Crippen molar-refractivity contribution in [3.8, 4) is 18.1 Å². The van der Waals surface area contributed by atoms with Gasteiger partial charge in [-0.05, 0) is 36.4 Å². The van der Waals surface area contributed by atoms with Crippen LogP contribution in [0.15, 0.2) is 42.5 Å². The largest absolute Gasteiger partial charge is 0.573 e. The number of para-hydroxylation sites is 1.